The molecule has 0 aromatic carbocycles. The highest BCUT2D eigenvalue weighted by atomic mass is 35.5. The van der Waals surface area contributed by atoms with Gasteiger partial charge in [-0.15, -0.1) is 36.2 Å². The summed E-state index contributed by atoms with van der Waals surface area (Å²) in [6.45, 7) is 4.92. The van der Waals surface area contributed by atoms with Crippen molar-refractivity contribution in [3.8, 4) is 0 Å². The molecule has 21 heavy (non-hydrogen) atoms. The molecule has 1 aliphatic heterocycles. The van der Waals surface area contributed by atoms with Gasteiger partial charge in [-0.25, -0.2) is 0 Å². The second-order valence-electron chi connectivity index (χ2n) is 4.78. The zero-order valence-electron chi connectivity index (χ0n) is 11.8. The Bertz CT molecular complexity index is 406. The zero-order valence-corrected chi connectivity index (χ0v) is 14.2. The second-order valence-corrected chi connectivity index (χ2v) is 5.98. The van der Waals surface area contributed by atoms with E-state index in [1.165, 1.54) is 11.3 Å². The molecule has 1 atom stereocenters. The Morgan fingerprint density at radius 1 is 1.24 bits per heavy atom. The Kier molecular flexibility index (Phi) is 9.20. The molecule has 8 heteroatoms. The van der Waals surface area contributed by atoms with Crippen molar-refractivity contribution in [3.05, 3.63) is 21.9 Å². The lowest BCUT2D eigenvalue weighted by atomic mass is 10.1. The topological polar surface area (TPSA) is 15.3 Å². The average Bonchev–Trinajstić information content (AvgIpc) is 2.84. The van der Waals surface area contributed by atoms with E-state index in [0.29, 0.717) is 13.1 Å². The van der Waals surface area contributed by atoms with Crippen LogP contribution in [0.5, 0.6) is 0 Å². The molecule has 0 unspecified atom stereocenters. The molecule has 1 saturated heterocycles. The van der Waals surface area contributed by atoms with Gasteiger partial charge in [0, 0.05) is 35.9 Å². The third kappa shape index (κ3) is 6.32. The zero-order chi connectivity index (χ0) is 13.9. The van der Waals surface area contributed by atoms with Crippen LogP contribution < -0.4 is 5.32 Å². The number of nitrogens with zero attached hydrogens (tertiary/aromatic N) is 1. The molecule has 0 amide bonds. The number of aryl methyl sites for hydroxylation is 1. The quantitative estimate of drug-likeness (QED) is 0.866. The maximum Gasteiger partial charge on any atom is 0.390 e. The predicted molar refractivity (Wildman–Crippen MR) is 86.0 cm³/mol. The smallest absolute Gasteiger partial charge is 0.314 e. The first-order valence-electron chi connectivity index (χ1n) is 6.59. The minimum absolute atomic E-state index is 0. The monoisotopic (exact) mass is 364 g/mol. The predicted octanol–water partition coefficient (Wildman–Crippen LogP) is 4.05. The number of rotatable bonds is 4. The molecule has 124 valence electrons. The summed E-state index contributed by atoms with van der Waals surface area (Å²) in [4.78, 5) is 3.95. The fourth-order valence-electron chi connectivity index (χ4n) is 2.39. The van der Waals surface area contributed by atoms with Crippen LogP contribution in [0.1, 0.15) is 29.1 Å². The van der Waals surface area contributed by atoms with E-state index in [9.17, 15) is 13.2 Å². The highest BCUT2D eigenvalue weighted by molar-refractivity contribution is 7.12. The number of nitrogens with one attached hydrogen (secondary N) is 1. The van der Waals surface area contributed by atoms with Gasteiger partial charge in [0.1, 0.15) is 0 Å². The maximum atomic E-state index is 12.8. The fraction of sp³-hybridized carbons (Fsp3) is 0.692. The highest BCUT2D eigenvalue weighted by Gasteiger charge is 2.36. The Balaban J connectivity index is 0.00000200. The van der Waals surface area contributed by atoms with Crippen LogP contribution in [-0.4, -0.2) is 37.3 Å². The molecule has 0 bridgehead atoms. The molecule has 0 aliphatic carbocycles. The van der Waals surface area contributed by atoms with Crippen molar-refractivity contribution < 1.29 is 13.2 Å². The standard InChI is InChI=1S/C13H19F3N2S.2ClH/c1-2-10-3-4-12(19-10)11(9-13(14,15)16)18-7-5-17-6-8-18;;/h3-4,11,17H,2,5-9H2,1H3;2*1H/t11-;;/m1../s1. The Morgan fingerprint density at radius 2 is 1.86 bits per heavy atom. The van der Waals surface area contributed by atoms with E-state index in [1.54, 1.807) is 0 Å². The van der Waals surface area contributed by atoms with Gasteiger partial charge in [0.05, 0.1) is 12.5 Å². The normalized spacial score (nSPS) is 17.7. The molecular weight excluding hydrogens is 344 g/mol. The highest BCUT2D eigenvalue weighted by Crippen LogP contribution is 2.37. The molecule has 2 heterocycles. The van der Waals surface area contributed by atoms with Gasteiger partial charge in [0.15, 0.2) is 0 Å². The summed E-state index contributed by atoms with van der Waals surface area (Å²) in [5, 5.41) is 3.18. The van der Waals surface area contributed by atoms with E-state index in [2.05, 4.69) is 5.32 Å². The van der Waals surface area contributed by atoms with Crippen LogP contribution in [0.3, 0.4) is 0 Å². The largest absolute Gasteiger partial charge is 0.390 e. The summed E-state index contributed by atoms with van der Waals surface area (Å²) in [6.07, 6.45) is -3.99. The molecule has 1 N–H and O–H groups in total. The maximum absolute atomic E-state index is 12.8. The van der Waals surface area contributed by atoms with Gasteiger partial charge in [0.2, 0.25) is 0 Å². The van der Waals surface area contributed by atoms with Crippen molar-refractivity contribution in [2.75, 3.05) is 26.2 Å². The van der Waals surface area contributed by atoms with E-state index in [0.717, 1.165) is 29.3 Å². The van der Waals surface area contributed by atoms with Crippen LogP contribution in [0, 0.1) is 0 Å². The van der Waals surface area contributed by atoms with Gasteiger partial charge in [-0.2, -0.15) is 13.2 Å². The lowest BCUT2D eigenvalue weighted by Crippen LogP contribution is -2.45. The van der Waals surface area contributed by atoms with Gasteiger partial charge in [0.25, 0.3) is 0 Å². The lowest BCUT2D eigenvalue weighted by molar-refractivity contribution is -0.148. The van der Waals surface area contributed by atoms with E-state index >= 15 is 0 Å². The number of alkyl halides is 3. The minimum atomic E-state index is -4.12. The van der Waals surface area contributed by atoms with Crippen LogP contribution in [0.4, 0.5) is 13.2 Å². The molecule has 2 nitrogen and oxygen atoms in total. The summed E-state index contributed by atoms with van der Waals surface area (Å²) >= 11 is 1.51. The Labute approximate surface area is 139 Å². The number of thiophene rings is 1. The minimum Gasteiger partial charge on any atom is -0.314 e. The molecule has 1 aliphatic rings. The van der Waals surface area contributed by atoms with Gasteiger partial charge in [-0.1, -0.05) is 6.92 Å². The van der Waals surface area contributed by atoms with Crippen LogP contribution >= 0.6 is 36.2 Å². The van der Waals surface area contributed by atoms with E-state index in [-0.39, 0.29) is 24.8 Å². The van der Waals surface area contributed by atoms with Crippen LogP contribution in [0.2, 0.25) is 0 Å². The van der Waals surface area contributed by atoms with E-state index in [1.807, 2.05) is 24.0 Å². The molecule has 2 rings (SSSR count). The van der Waals surface area contributed by atoms with Crippen molar-refractivity contribution in [2.45, 2.75) is 32.0 Å². The van der Waals surface area contributed by atoms with Crippen LogP contribution in [0.25, 0.3) is 0 Å². The molecule has 1 fully saturated rings. The van der Waals surface area contributed by atoms with E-state index < -0.39 is 18.6 Å². The molecular formula is C13H21Cl2F3N2S. The molecule has 1 aromatic rings. The van der Waals surface area contributed by atoms with Crippen LogP contribution in [-0.2, 0) is 6.42 Å². The Morgan fingerprint density at radius 3 is 2.33 bits per heavy atom. The summed E-state index contributed by atoms with van der Waals surface area (Å²) in [5.41, 5.74) is 0. The van der Waals surface area contributed by atoms with Crippen molar-refractivity contribution in [1.29, 1.82) is 0 Å². The average molecular weight is 365 g/mol. The summed E-state index contributed by atoms with van der Waals surface area (Å²) in [7, 11) is 0. The van der Waals surface area contributed by atoms with Gasteiger partial charge in [-0.3, -0.25) is 4.90 Å². The Hall–Kier alpha value is -0.0100. The second kappa shape index (κ2) is 9.20. The number of halogens is 5. The third-order valence-electron chi connectivity index (χ3n) is 3.38. The molecule has 0 radical (unpaired) electrons. The third-order valence-corrected chi connectivity index (χ3v) is 4.71. The molecule has 1 aromatic heterocycles. The van der Waals surface area contributed by atoms with Crippen LogP contribution in [0.15, 0.2) is 12.1 Å². The van der Waals surface area contributed by atoms with Gasteiger partial charge < -0.3 is 5.32 Å². The first kappa shape index (κ1) is 21.0. The molecule has 0 spiro atoms. The van der Waals surface area contributed by atoms with Crippen molar-refractivity contribution >= 4 is 36.2 Å². The van der Waals surface area contributed by atoms with Gasteiger partial charge >= 0.3 is 6.18 Å². The number of hydrogen-bond acceptors (Lipinski definition) is 3. The fourth-order valence-corrected chi connectivity index (χ4v) is 3.47. The van der Waals surface area contributed by atoms with Crippen molar-refractivity contribution in [3.63, 3.8) is 0 Å². The summed E-state index contributed by atoms with van der Waals surface area (Å²) < 4.78 is 38.4. The lowest BCUT2D eigenvalue weighted by Gasteiger charge is -2.34. The van der Waals surface area contributed by atoms with Crippen molar-refractivity contribution in [1.82, 2.24) is 10.2 Å². The van der Waals surface area contributed by atoms with E-state index in [4.69, 9.17) is 0 Å². The van der Waals surface area contributed by atoms with Gasteiger partial charge in [-0.05, 0) is 18.6 Å². The summed E-state index contributed by atoms with van der Waals surface area (Å²) in [5.74, 6) is 0. The number of hydrogen-bond donors (Lipinski definition) is 1. The SMILES string of the molecule is CCc1ccc([C@@H](CC(F)(F)F)N2CCNCC2)s1.Cl.Cl. The summed E-state index contributed by atoms with van der Waals surface area (Å²) in [6, 6.07) is 3.29. The number of piperazine rings is 1. The first-order chi connectivity index (χ1) is 8.99. The van der Waals surface area contributed by atoms with Crippen molar-refractivity contribution in [2.24, 2.45) is 0 Å². The molecule has 0 saturated carbocycles. The first-order valence-corrected chi connectivity index (χ1v) is 7.41.